The maximum absolute atomic E-state index is 14.1. The lowest BCUT2D eigenvalue weighted by Crippen LogP contribution is -2.72. The highest BCUT2D eigenvalue weighted by Gasteiger charge is 2.59. The zero-order chi connectivity index (χ0) is 36.2. The van der Waals surface area contributed by atoms with Crippen molar-refractivity contribution in [3.8, 4) is 23.3 Å². The second-order valence-electron chi connectivity index (χ2n) is 12.8. The van der Waals surface area contributed by atoms with Crippen LogP contribution < -0.4 is 9.47 Å². The summed E-state index contributed by atoms with van der Waals surface area (Å²) in [5.74, 6) is -2.23. The van der Waals surface area contributed by atoms with Crippen LogP contribution >= 0.6 is 0 Å². The molecule has 2 bridgehead atoms. The zero-order valence-electron chi connectivity index (χ0n) is 28.9. The maximum atomic E-state index is 14.1. The van der Waals surface area contributed by atoms with Crippen molar-refractivity contribution in [3.05, 3.63) is 80.9 Å². The van der Waals surface area contributed by atoms with Crippen molar-refractivity contribution in [1.29, 1.82) is 5.26 Å². The van der Waals surface area contributed by atoms with E-state index in [0.717, 1.165) is 0 Å². The molecule has 1 N–H and O–H groups in total. The van der Waals surface area contributed by atoms with Gasteiger partial charge < -0.3 is 24.1 Å². The van der Waals surface area contributed by atoms with Gasteiger partial charge in [-0.05, 0) is 59.7 Å². The van der Waals surface area contributed by atoms with E-state index in [1.807, 2.05) is 16.8 Å². The van der Waals surface area contributed by atoms with Crippen LogP contribution in [0.15, 0.2) is 58.5 Å². The van der Waals surface area contributed by atoms with E-state index in [0.29, 0.717) is 22.3 Å². The molecule has 4 aliphatic rings. The van der Waals surface area contributed by atoms with Gasteiger partial charge in [-0.1, -0.05) is 12.1 Å². The van der Waals surface area contributed by atoms with Crippen molar-refractivity contribution in [2.75, 3.05) is 27.9 Å². The third-order valence-electron chi connectivity index (χ3n) is 10.4. The SMILES string of the molecule is C/C=C(/C)C(=O)OC[C@H]1c2c(O)c(OC)c(C)c(OC(=O)c3ccccn3)c2C[C@H]2[C@H]3C4=C(C[C@H]([C@H](C#N)N12)N3C)C(=O)C(C)=C(OC)C4=O. The standard InChI is InChI=1S/C37H38N4O9/c1-8-17(2)36(45)49-16-26-27-21(33(19(4)35(48-7)31(27)43)50-37(46)22-11-9-10-12-39-22)14-24-29-28-20(30(42)18(3)34(47-6)32(28)44)13-23(40(29)5)25(15-38)41(24)26/h8-12,23-26,29,43H,13-14,16H2,1-7H3/b17-8-/t23-,24+,25+,26+,29+/m1/s1. The van der Waals surface area contributed by atoms with Crippen molar-refractivity contribution < 1.29 is 43.2 Å². The second kappa shape index (κ2) is 13.2. The molecule has 260 valence electrons. The summed E-state index contributed by atoms with van der Waals surface area (Å²) in [5, 5.41) is 22.7. The van der Waals surface area contributed by atoms with Gasteiger partial charge in [0.1, 0.15) is 24.1 Å². The van der Waals surface area contributed by atoms with E-state index < -0.39 is 47.9 Å². The Kier molecular flexibility index (Phi) is 9.11. The summed E-state index contributed by atoms with van der Waals surface area (Å²) in [6, 6.07) is 3.44. The largest absolute Gasteiger partial charge is 0.504 e. The lowest BCUT2D eigenvalue weighted by Gasteiger charge is -2.60. The van der Waals surface area contributed by atoms with E-state index in [1.54, 1.807) is 45.9 Å². The Morgan fingerprint density at radius 3 is 2.46 bits per heavy atom. The smallest absolute Gasteiger partial charge is 0.362 e. The molecule has 1 saturated heterocycles. The first-order valence-electron chi connectivity index (χ1n) is 16.2. The third-order valence-corrected chi connectivity index (χ3v) is 10.4. The monoisotopic (exact) mass is 682 g/mol. The molecular formula is C37H38N4O9. The number of fused-ring (bicyclic) bond motifs is 6. The van der Waals surface area contributed by atoms with Crippen LogP contribution in [-0.2, 0) is 30.3 Å². The number of nitriles is 1. The van der Waals surface area contributed by atoms with Gasteiger partial charge in [-0.25, -0.2) is 14.6 Å². The molecule has 5 atom stereocenters. The minimum atomic E-state index is -0.960. The highest BCUT2D eigenvalue weighted by atomic mass is 16.5. The van der Waals surface area contributed by atoms with Crippen LogP contribution in [0.1, 0.15) is 60.4 Å². The number of aromatic hydroxyl groups is 1. The molecule has 0 unspecified atom stereocenters. The van der Waals surface area contributed by atoms with Gasteiger partial charge in [-0.2, -0.15) is 5.26 Å². The molecule has 1 fully saturated rings. The Hall–Kier alpha value is -5.32. The molecule has 0 spiro atoms. The molecule has 50 heavy (non-hydrogen) atoms. The summed E-state index contributed by atoms with van der Waals surface area (Å²) in [6.45, 7) is 6.21. The van der Waals surface area contributed by atoms with Crippen LogP contribution in [0.2, 0.25) is 0 Å². The van der Waals surface area contributed by atoms with Crippen LogP contribution in [0.5, 0.6) is 17.2 Å². The number of carbonyl (C=O) groups is 4. The molecule has 13 nitrogen and oxygen atoms in total. The van der Waals surface area contributed by atoms with E-state index in [4.69, 9.17) is 18.9 Å². The van der Waals surface area contributed by atoms with Gasteiger partial charge in [-0.15, -0.1) is 0 Å². The molecule has 2 aromatic rings. The number of hydrogen-bond acceptors (Lipinski definition) is 13. The molecule has 1 aliphatic carbocycles. The van der Waals surface area contributed by atoms with Crippen molar-refractivity contribution in [3.63, 3.8) is 0 Å². The van der Waals surface area contributed by atoms with Gasteiger partial charge in [0.05, 0.1) is 32.4 Å². The molecule has 3 aliphatic heterocycles. The highest BCUT2D eigenvalue weighted by Crippen LogP contribution is 2.55. The molecule has 0 radical (unpaired) electrons. The first kappa shape index (κ1) is 34.5. The van der Waals surface area contributed by atoms with Crippen molar-refractivity contribution in [2.24, 2.45) is 0 Å². The predicted molar refractivity (Wildman–Crippen MR) is 177 cm³/mol. The summed E-state index contributed by atoms with van der Waals surface area (Å²) in [5.41, 5.74) is 2.21. The van der Waals surface area contributed by atoms with Gasteiger partial charge in [0.15, 0.2) is 23.0 Å². The number of benzene rings is 1. The van der Waals surface area contributed by atoms with E-state index in [9.17, 15) is 29.5 Å². The van der Waals surface area contributed by atoms with Crippen LogP contribution in [0.3, 0.4) is 0 Å². The molecule has 6 rings (SSSR count). The van der Waals surface area contributed by atoms with Crippen LogP contribution in [0.4, 0.5) is 0 Å². The van der Waals surface area contributed by atoms with E-state index >= 15 is 0 Å². The fraction of sp³-hybridized carbons (Fsp3) is 0.405. The minimum Gasteiger partial charge on any atom is -0.504 e. The Labute approximate surface area is 289 Å². The molecule has 1 aromatic heterocycles. The van der Waals surface area contributed by atoms with Gasteiger partial charge >= 0.3 is 11.9 Å². The number of ether oxygens (including phenoxy) is 4. The lowest BCUT2D eigenvalue weighted by molar-refractivity contribution is -0.144. The van der Waals surface area contributed by atoms with Gasteiger partial charge in [0.2, 0.25) is 5.78 Å². The number of carbonyl (C=O) groups excluding carboxylic acids is 4. The molecule has 13 heteroatoms. The highest BCUT2D eigenvalue weighted by molar-refractivity contribution is 6.25. The number of pyridine rings is 1. The number of ketones is 2. The van der Waals surface area contributed by atoms with E-state index in [2.05, 4.69) is 11.1 Å². The number of rotatable bonds is 7. The van der Waals surface area contributed by atoms with Crippen LogP contribution in [-0.4, -0.2) is 95.4 Å². The number of Topliss-reactive ketones (excluding diaryl/α,β-unsaturated/α-hetero) is 2. The molecule has 0 amide bonds. The van der Waals surface area contributed by atoms with E-state index in [1.165, 1.54) is 26.5 Å². The van der Waals surface area contributed by atoms with Crippen LogP contribution in [0, 0.1) is 18.3 Å². The van der Waals surface area contributed by atoms with Crippen LogP contribution in [0.25, 0.3) is 0 Å². The average molecular weight is 683 g/mol. The average Bonchev–Trinajstić information content (AvgIpc) is 3.11. The Balaban J connectivity index is 1.59. The number of likely N-dealkylation sites (N-methyl/N-ethyl adjacent to an activating group) is 1. The number of phenols is 1. The maximum Gasteiger partial charge on any atom is 0.362 e. The van der Waals surface area contributed by atoms with Gasteiger partial charge in [0.25, 0.3) is 0 Å². The normalized spacial score (nSPS) is 24.9. The lowest BCUT2D eigenvalue weighted by atomic mass is 9.69. The molecule has 4 heterocycles. The summed E-state index contributed by atoms with van der Waals surface area (Å²) in [7, 11) is 4.53. The van der Waals surface area contributed by atoms with E-state index in [-0.39, 0.29) is 70.6 Å². The molecule has 1 aromatic carbocycles. The Morgan fingerprint density at radius 2 is 1.84 bits per heavy atom. The summed E-state index contributed by atoms with van der Waals surface area (Å²) >= 11 is 0. The predicted octanol–water partition coefficient (Wildman–Crippen LogP) is 3.45. The summed E-state index contributed by atoms with van der Waals surface area (Å²) in [4.78, 5) is 62.3. The Bertz CT molecular complexity index is 1960. The molecular weight excluding hydrogens is 644 g/mol. The zero-order valence-corrected chi connectivity index (χ0v) is 28.9. The number of aromatic nitrogens is 1. The number of piperazine rings is 1. The van der Waals surface area contributed by atoms with Crippen molar-refractivity contribution >= 4 is 23.5 Å². The number of nitrogens with zero attached hydrogens (tertiary/aromatic N) is 4. The quantitative estimate of drug-likeness (QED) is 0.195. The van der Waals surface area contributed by atoms with Crippen molar-refractivity contribution in [1.82, 2.24) is 14.8 Å². The van der Waals surface area contributed by atoms with Crippen molar-refractivity contribution in [2.45, 2.75) is 70.7 Å². The topological polar surface area (TPSA) is 169 Å². The fourth-order valence-corrected chi connectivity index (χ4v) is 7.95. The second-order valence-corrected chi connectivity index (χ2v) is 12.8. The first-order valence-corrected chi connectivity index (χ1v) is 16.2. The van der Waals surface area contributed by atoms with Gasteiger partial charge in [-0.3, -0.25) is 19.4 Å². The first-order chi connectivity index (χ1) is 23.9. The number of hydrogen-bond donors (Lipinski definition) is 1. The number of esters is 2. The summed E-state index contributed by atoms with van der Waals surface area (Å²) < 4.78 is 22.9. The fourth-order valence-electron chi connectivity index (χ4n) is 7.95. The number of methoxy groups -OCH3 is 2. The molecule has 0 saturated carbocycles. The summed E-state index contributed by atoms with van der Waals surface area (Å²) in [6.07, 6.45) is 3.26. The Morgan fingerprint density at radius 1 is 1.10 bits per heavy atom. The minimum absolute atomic E-state index is 0.0400. The van der Waals surface area contributed by atoms with Gasteiger partial charge in [0, 0.05) is 57.3 Å². The third kappa shape index (κ3) is 5.18. The number of allylic oxidation sites excluding steroid dienone is 3. The number of phenolic OH excluding ortho intramolecular Hbond substituents is 1.